The van der Waals surface area contributed by atoms with E-state index in [1.54, 1.807) is 31.4 Å². The smallest absolute Gasteiger partial charge is 0.234 e. The Labute approximate surface area is 143 Å². The maximum atomic E-state index is 13.0. The van der Waals surface area contributed by atoms with E-state index >= 15 is 0 Å². The summed E-state index contributed by atoms with van der Waals surface area (Å²) in [6, 6.07) is 10.5. The van der Waals surface area contributed by atoms with Gasteiger partial charge in [-0.25, -0.2) is 8.78 Å². The number of methoxy groups -OCH3 is 1. The lowest BCUT2D eigenvalue weighted by Gasteiger charge is -2.08. The Morgan fingerprint density at radius 1 is 1.08 bits per heavy atom. The first kappa shape index (κ1) is 18.1. The van der Waals surface area contributed by atoms with Crippen LogP contribution in [0.4, 0.5) is 14.5 Å². The third kappa shape index (κ3) is 5.73. The molecular weight excluding hydrogens is 336 g/mol. The third-order valence-electron chi connectivity index (χ3n) is 2.99. The molecule has 0 aromatic heterocycles. The number of carbonyl (C=O) groups excluding carboxylic acids is 1. The summed E-state index contributed by atoms with van der Waals surface area (Å²) in [6.07, 6.45) is 0. The first-order valence-electron chi connectivity index (χ1n) is 7.18. The van der Waals surface area contributed by atoms with Crippen molar-refractivity contribution in [3.63, 3.8) is 0 Å². The van der Waals surface area contributed by atoms with Gasteiger partial charge in [0.25, 0.3) is 0 Å². The van der Waals surface area contributed by atoms with Crippen molar-refractivity contribution in [1.29, 1.82) is 0 Å². The largest absolute Gasteiger partial charge is 0.497 e. The van der Waals surface area contributed by atoms with E-state index in [-0.39, 0.29) is 17.3 Å². The van der Waals surface area contributed by atoms with Gasteiger partial charge in [-0.15, -0.1) is 11.8 Å². The minimum atomic E-state index is -0.992. The number of hydrogen-bond acceptors (Lipinski definition) is 4. The molecule has 0 aliphatic carbocycles. The van der Waals surface area contributed by atoms with Gasteiger partial charge in [0.2, 0.25) is 5.91 Å². The third-order valence-corrected chi connectivity index (χ3v) is 3.91. The second kappa shape index (κ2) is 9.12. The molecule has 24 heavy (non-hydrogen) atoms. The zero-order chi connectivity index (χ0) is 17.4. The van der Waals surface area contributed by atoms with E-state index < -0.39 is 11.6 Å². The fourth-order valence-corrected chi connectivity index (χ4v) is 2.43. The molecular formula is C17H17F2NO3S. The van der Waals surface area contributed by atoms with Gasteiger partial charge >= 0.3 is 0 Å². The van der Waals surface area contributed by atoms with Gasteiger partial charge in [-0.05, 0) is 36.4 Å². The molecule has 0 radical (unpaired) electrons. The highest BCUT2D eigenvalue weighted by molar-refractivity contribution is 7.99. The summed E-state index contributed by atoms with van der Waals surface area (Å²) in [7, 11) is 1.60. The molecule has 1 N–H and O–H groups in total. The van der Waals surface area contributed by atoms with Crippen LogP contribution in [0.2, 0.25) is 0 Å². The van der Waals surface area contributed by atoms with Gasteiger partial charge in [0.1, 0.15) is 11.5 Å². The monoisotopic (exact) mass is 353 g/mol. The van der Waals surface area contributed by atoms with Crippen molar-refractivity contribution in [2.45, 2.75) is 0 Å². The molecule has 4 nitrogen and oxygen atoms in total. The van der Waals surface area contributed by atoms with Gasteiger partial charge in [-0.1, -0.05) is 0 Å². The molecule has 2 rings (SSSR count). The Bertz CT molecular complexity index is 680. The molecule has 0 aliphatic rings. The molecule has 0 atom stereocenters. The van der Waals surface area contributed by atoms with Gasteiger partial charge in [-0.3, -0.25) is 4.79 Å². The number of rotatable bonds is 8. The van der Waals surface area contributed by atoms with Crippen LogP contribution in [0.25, 0.3) is 0 Å². The molecule has 0 aliphatic heterocycles. The highest BCUT2D eigenvalue weighted by atomic mass is 32.2. The van der Waals surface area contributed by atoms with Crippen LogP contribution >= 0.6 is 11.8 Å². The summed E-state index contributed by atoms with van der Waals surface area (Å²) >= 11 is 1.39. The maximum absolute atomic E-state index is 13.0. The summed E-state index contributed by atoms with van der Waals surface area (Å²) in [4.78, 5) is 11.7. The van der Waals surface area contributed by atoms with E-state index in [4.69, 9.17) is 9.47 Å². The molecule has 0 saturated heterocycles. The first-order chi connectivity index (χ1) is 11.6. The minimum absolute atomic E-state index is 0.199. The SMILES string of the molecule is COc1ccc(OCCSCC(=O)Nc2ccc(F)c(F)c2)cc1. The van der Waals surface area contributed by atoms with Crippen LogP contribution in [-0.2, 0) is 4.79 Å². The summed E-state index contributed by atoms with van der Waals surface area (Å²) < 4.78 is 36.4. The fraction of sp³-hybridized carbons (Fsp3) is 0.235. The quantitative estimate of drug-likeness (QED) is 0.735. The van der Waals surface area contributed by atoms with E-state index in [9.17, 15) is 13.6 Å². The van der Waals surface area contributed by atoms with Crippen molar-refractivity contribution in [1.82, 2.24) is 0 Å². The van der Waals surface area contributed by atoms with Crippen LogP contribution in [0.1, 0.15) is 0 Å². The molecule has 1 amide bonds. The number of nitrogens with one attached hydrogen (secondary N) is 1. The normalized spacial score (nSPS) is 10.3. The van der Waals surface area contributed by atoms with E-state index in [1.165, 1.54) is 17.8 Å². The standard InChI is InChI=1S/C17H17F2NO3S/c1-22-13-3-5-14(6-4-13)23-8-9-24-11-17(21)20-12-2-7-15(18)16(19)10-12/h2-7,10H,8-9,11H2,1H3,(H,20,21). The van der Waals surface area contributed by atoms with Crippen LogP contribution in [0.5, 0.6) is 11.5 Å². The molecule has 7 heteroatoms. The molecule has 128 valence electrons. The summed E-state index contributed by atoms with van der Waals surface area (Å²) in [5, 5.41) is 2.51. The topological polar surface area (TPSA) is 47.6 Å². The number of carbonyl (C=O) groups is 1. The van der Waals surface area contributed by atoms with Gasteiger partial charge in [-0.2, -0.15) is 0 Å². The number of benzene rings is 2. The van der Waals surface area contributed by atoms with Crippen molar-refractivity contribution in [2.24, 2.45) is 0 Å². The highest BCUT2D eigenvalue weighted by Gasteiger charge is 2.06. The molecule has 0 saturated carbocycles. The molecule has 2 aromatic carbocycles. The summed E-state index contributed by atoms with van der Waals surface area (Å²) in [5.41, 5.74) is 0.231. The van der Waals surface area contributed by atoms with E-state index in [0.717, 1.165) is 23.6 Å². The molecule has 2 aromatic rings. The molecule has 0 heterocycles. The van der Waals surface area contributed by atoms with Crippen LogP contribution in [0, 0.1) is 11.6 Å². The Morgan fingerprint density at radius 2 is 1.79 bits per heavy atom. The lowest BCUT2D eigenvalue weighted by Crippen LogP contribution is -2.15. The predicted molar refractivity (Wildman–Crippen MR) is 90.8 cm³/mol. The molecule has 0 spiro atoms. The van der Waals surface area contributed by atoms with Crippen molar-refractivity contribution in [3.8, 4) is 11.5 Å². The van der Waals surface area contributed by atoms with Gasteiger partial charge < -0.3 is 14.8 Å². The molecule has 0 fully saturated rings. The zero-order valence-electron chi connectivity index (χ0n) is 13.1. The predicted octanol–water partition coefficient (Wildman–Crippen LogP) is 3.72. The average Bonchev–Trinajstić information content (AvgIpc) is 2.58. The zero-order valence-corrected chi connectivity index (χ0v) is 13.9. The highest BCUT2D eigenvalue weighted by Crippen LogP contribution is 2.17. The summed E-state index contributed by atoms with van der Waals surface area (Å²) in [5.74, 6) is 0.0810. The van der Waals surface area contributed by atoms with Gasteiger partial charge in [0.05, 0.1) is 19.5 Å². The van der Waals surface area contributed by atoms with Crippen LogP contribution in [0.3, 0.4) is 0 Å². The number of hydrogen-bond donors (Lipinski definition) is 1. The van der Waals surface area contributed by atoms with E-state index in [0.29, 0.717) is 12.4 Å². The lowest BCUT2D eigenvalue weighted by atomic mass is 10.3. The summed E-state index contributed by atoms with van der Waals surface area (Å²) in [6.45, 7) is 0.454. The van der Waals surface area contributed by atoms with Crippen molar-refractivity contribution < 1.29 is 23.0 Å². The van der Waals surface area contributed by atoms with Crippen molar-refractivity contribution in [3.05, 3.63) is 54.1 Å². The Balaban J connectivity index is 1.64. The van der Waals surface area contributed by atoms with Crippen molar-refractivity contribution >= 4 is 23.4 Å². The number of amides is 1. The Morgan fingerprint density at radius 3 is 2.46 bits per heavy atom. The minimum Gasteiger partial charge on any atom is -0.497 e. The number of ether oxygens (including phenoxy) is 2. The van der Waals surface area contributed by atoms with E-state index in [2.05, 4.69) is 5.32 Å². The van der Waals surface area contributed by atoms with Gasteiger partial charge in [0.15, 0.2) is 11.6 Å². The van der Waals surface area contributed by atoms with Crippen LogP contribution < -0.4 is 14.8 Å². The first-order valence-corrected chi connectivity index (χ1v) is 8.33. The fourth-order valence-electron chi connectivity index (χ4n) is 1.83. The van der Waals surface area contributed by atoms with Crippen molar-refractivity contribution in [2.75, 3.05) is 30.5 Å². The second-order valence-electron chi connectivity index (χ2n) is 4.75. The Hall–Kier alpha value is -2.28. The number of anilines is 1. The molecule has 0 bridgehead atoms. The second-order valence-corrected chi connectivity index (χ2v) is 5.86. The average molecular weight is 353 g/mol. The number of halogens is 2. The van der Waals surface area contributed by atoms with Crippen LogP contribution in [0.15, 0.2) is 42.5 Å². The van der Waals surface area contributed by atoms with Crippen LogP contribution in [-0.4, -0.2) is 31.1 Å². The van der Waals surface area contributed by atoms with E-state index in [1.807, 2.05) is 0 Å². The molecule has 0 unspecified atom stereocenters. The maximum Gasteiger partial charge on any atom is 0.234 e. The van der Waals surface area contributed by atoms with Gasteiger partial charge in [0, 0.05) is 17.5 Å². The number of thioether (sulfide) groups is 1. The Kier molecular flexibility index (Phi) is 6.87. The lowest BCUT2D eigenvalue weighted by molar-refractivity contribution is -0.113.